The molecule has 1 aromatic rings. The molecule has 0 aliphatic carbocycles. The highest BCUT2D eigenvalue weighted by atomic mass is 19.2. The van der Waals surface area contributed by atoms with E-state index >= 15 is 0 Å². The Labute approximate surface area is 125 Å². The number of hydrogen-bond acceptors (Lipinski definition) is 4. The van der Waals surface area contributed by atoms with Crippen LogP contribution in [0.4, 0.5) is 18.0 Å². The summed E-state index contributed by atoms with van der Waals surface area (Å²) in [6, 6.07) is 1.00. The first kappa shape index (κ1) is 18.2. The van der Waals surface area contributed by atoms with Gasteiger partial charge < -0.3 is 9.84 Å². The number of ether oxygens (including phenoxy) is 1. The number of hydrogen-bond donors (Lipinski definition) is 2. The van der Waals surface area contributed by atoms with E-state index < -0.39 is 47.4 Å². The predicted molar refractivity (Wildman–Crippen MR) is 70.6 cm³/mol. The number of hydroxylamine groups is 2. The second-order valence-corrected chi connectivity index (χ2v) is 5.70. The van der Waals surface area contributed by atoms with Gasteiger partial charge in [0.1, 0.15) is 11.4 Å². The van der Waals surface area contributed by atoms with Crippen molar-refractivity contribution in [2.24, 2.45) is 0 Å². The van der Waals surface area contributed by atoms with E-state index in [4.69, 9.17) is 4.74 Å². The van der Waals surface area contributed by atoms with Crippen molar-refractivity contribution >= 4 is 6.09 Å². The van der Waals surface area contributed by atoms with E-state index in [9.17, 15) is 28.3 Å². The van der Waals surface area contributed by atoms with E-state index in [1.54, 1.807) is 20.8 Å². The summed E-state index contributed by atoms with van der Waals surface area (Å²) in [4.78, 5) is 11.5. The summed E-state index contributed by atoms with van der Waals surface area (Å²) in [7, 11) is 0. The van der Waals surface area contributed by atoms with Crippen LogP contribution in [0.25, 0.3) is 0 Å². The summed E-state index contributed by atoms with van der Waals surface area (Å²) < 4.78 is 44.4. The van der Waals surface area contributed by atoms with Crippen molar-refractivity contribution in [3.8, 4) is 0 Å². The Morgan fingerprint density at radius 3 is 2.45 bits per heavy atom. The van der Waals surface area contributed by atoms with Gasteiger partial charge in [0.15, 0.2) is 11.6 Å². The minimum Gasteiger partial charge on any atom is -0.442 e. The quantitative estimate of drug-likeness (QED) is 0.508. The van der Waals surface area contributed by atoms with Crippen LogP contribution < -0.4 is 0 Å². The third-order valence-corrected chi connectivity index (χ3v) is 2.60. The van der Waals surface area contributed by atoms with Crippen LogP contribution in [0.1, 0.15) is 38.9 Å². The minimum atomic E-state index is -1.60. The number of carbonyl (C=O) groups is 1. The average Bonchev–Trinajstić information content (AvgIpc) is 2.37. The summed E-state index contributed by atoms with van der Waals surface area (Å²) in [6.45, 7) is 4.38. The second-order valence-electron chi connectivity index (χ2n) is 5.70. The number of aliphatic hydroxyl groups excluding tert-OH is 1. The van der Waals surface area contributed by atoms with Crippen molar-refractivity contribution in [3.63, 3.8) is 0 Å². The molecule has 0 fully saturated rings. The van der Waals surface area contributed by atoms with Crippen molar-refractivity contribution in [3.05, 3.63) is 35.1 Å². The largest absolute Gasteiger partial charge is 0.442 e. The molecular weight excluding hydrogens is 303 g/mol. The van der Waals surface area contributed by atoms with E-state index in [1.165, 1.54) is 0 Å². The summed E-state index contributed by atoms with van der Waals surface area (Å²) in [5, 5.41) is 19.4. The lowest BCUT2D eigenvalue weighted by Gasteiger charge is -2.24. The SMILES string of the molecule is CC(C)(C)OC(=O)N(O)CC[C@H](O)c1cc(F)cc(F)c1F. The molecule has 0 saturated carbocycles. The summed E-state index contributed by atoms with van der Waals surface area (Å²) in [5.74, 6) is -3.85. The van der Waals surface area contributed by atoms with Crippen molar-refractivity contribution in [1.29, 1.82) is 0 Å². The van der Waals surface area contributed by atoms with E-state index in [-0.39, 0.29) is 11.5 Å². The van der Waals surface area contributed by atoms with E-state index in [2.05, 4.69) is 0 Å². The molecule has 0 heterocycles. The lowest BCUT2D eigenvalue weighted by molar-refractivity contribution is -0.0983. The third-order valence-electron chi connectivity index (χ3n) is 2.60. The number of amides is 1. The van der Waals surface area contributed by atoms with E-state index in [0.717, 1.165) is 0 Å². The Kier molecular flexibility index (Phi) is 5.78. The molecular formula is C14H18F3NO4. The maximum atomic E-state index is 13.5. The Morgan fingerprint density at radius 2 is 1.91 bits per heavy atom. The Hall–Kier alpha value is -1.80. The number of carbonyl (C=O) groups excluding carboxylic acids is 1. The smallest absolute Gasteiger partial charge is 0.434 e. The predicted octanol–water partition coefficient (Wildman–Crippen LogP) is 3.15. The maximum Gasteiger partial charge on any atom is 0.434 e. The fraction of sp³-hybridized carbons (Fsp3) is 0.500. The molecule has 0 unspecified atom stereocenters. The van der Waals surface area contributed by atoms with Gasteiger partial charge in [-0.2, -0.15) is 5.06 Å². The molecule has 0 radical (unpaired) electrons. The minimum absolute atomic E-state index is 0.196. The van der Waals surface area contributed by atoms with Crippen LogP contribution in [0, 0.1) is 17.5 Å². The fourth-order valence-electron chi connectivity index (χ4n) is 1.62. The second kappa shape index (κ2) is 6.97. The summed E-state index contributed by atoms with van der Waals surface area (Å²) in [6.07, 6.45) is -2.98. The van der Waals surface area contributed by atoms with Gasteiger partial charge in [-0.3, -0.25) is 5.21 Å². The first-order chi connectivity index (χ1) is 10.0. The van der Waals surface area contributed by atoms with Gasteiger partial charge in [0.2, 0.25) is 0 Å². The molecule has 0 aromatic heterocycles. The third kappa shape index (κ3) is 5.19. The topological polar surface area (TPSA) is 70.0 Å². The highest BCUT2D eigenvalue weighted by Crippen LogP contribution is 2.23. The molecule has 8 heteroatoms. The Balaban J connectivity index is 2.67. The molecule has 1 atom stereocenters. The molecule has 1 rings (SSSR count). The highest BCUT2D eigenvalue weighted by Gasteiger charge is 2.23. The number of rotatable bonds is 4. The van der Waals surface area contributed by atoms with Crippen LogP contribution >= 0.6 is 0 Å². The van der Waals surface area contributed by atoms with Crippen molar-refractivity contribution in [1.82, 2.24) is 5.06 Å². The summed E-state index contributed by atoms with van der Waals surface area (Å²) >= 11 is 0. The first-order valence-electron chi connectivity index (χ1n) is 6.53. The number of aliphatic hydroxyl groups is 1. The molecule has 0 saturated heterocycles. The molecule has 0 bridgehead atoms. The van der Waals surface area contributed by atoms with Crippen LogP contribution in [0.2, 0.25) is 0 Å². The highest BCUT2D eigenvalue weighted by molar-refractivity contribution is 5.66. The van der Waals surface area contributed by atoms with Crippen molar-refractivity contribution in [2.45, 2.75) is 38.9 Å². The number of benzene rings is 1. The van der Waals surface area contributed by atoms with Crippen LogP contribution in [0.5, 0.6) is 0 Å². The zero-order chi connectivity index (χ0) is 17.1. The van der Waals surface area contributed by atoms with E-state index in [1.807, 2.05) is 0 Å². The fourth-order valence-corrected chi connectivity index (χ4v) is 1.62. The monoisotopic (exact) mass is 321 g/mol. The van der Waals surface area contributed by atoms with Gasteiger partial charge in [0, 0.05) is 11.6 Å². The summed E-state index contributed by atoms with van der Waals surface area (Å²) in [5.41, 5.74) is -1.41. The normalized spacial score (nSPS) is 12.9. The molecule has 124 valence electrons. The standard InChI is InChI=1S/C14H18F3NO4/c1-14(2,3)22-13(20)18(21)5-4-11(19)9-6-8(15)7-10(16)12(9)17/h6-7,11,19,21H,4-5H2,1-3H3/t11-/m0/s1. The molecule has 22 heavy (non-hydrogen) atoms. The molecule has 5 nitrogen and oxygen atoms in total. The molecule has 2 N–H and O–H groups in total. The molecule has 0 aliphatic heterocycles. The Bertz CT molecular complexity index is 546. The zero-order valence-corrected chi connectivity index (χ0v) is 12.4. The van der Waals surface area contributed by atoms with Crippen LogP contribution in [0.15, 0.2) is 12.1 Å². The molecule has 0 spiro atoms. The van der Waals surface area contributed by atoms with Gasteiger partial charge in [0.25, 0.3) is 0 Å². The van der Waals surface area contributed by atoms with Gasteiger partial charge in [-0.25, -0.2) is 18.0 Å². The van der Waals surface area contributed by atoms with Crippen LogP contribution in [0.3, 0.4) is 0 Å². The van der Waals surface area contributed by atoms with Crippen LogP contribution in [-0.2, 0) is 4.74 Å². The molecule has 1 aromatic carbocycles. The van der Waals surface area contributed by atoms with Crippen LogP contribution in [-0.4, -0.2) is 33.6 Å². The van der Waals surface area contributed by atoms with Gasteiger partial charge in [0.05, 0.1) is 12.6 Å². The molecule has 1 amide bonds. The number of nitrogens with zero attached hydrogens (tertiary/aromatic N) is 1. The maximum absolute atomic E-state index is 13.5. The van der Waals surface area contributed by atoms with Gasteiger partial charge >= 0.3 is 6.09 Å². The van der Waals surface area contributed by atoms with Gasteiger partial charge in [-0.1, -0.05) is 0 Å². The van der Waals surface area contributed by atoms with E-state index in [0.29, 0.717) is 12.1 Å². The van der Waals surface area contributed by atoms with Crippen molar-refractivity contribution in [2.75, 3.05) is 6.54 Å². The average molecular weight is 321 g/mol. The molecule has 0 aliphatic rings. The zero-order valence-electron chi connectivity index (χ0n) is 12.4. The van der Waals surface area contributed by atoms with Gasteiger partial charge in [-0.05, 0) is 33.3 Å². The first-order valence-corrected chi connectivity index (χ1v) is 6.53. The lowest BCUT2D eigenvalue weighted by Crippen LogP contribution is -2.35. The number of halogens is 3. The Morgan fingerprint density at radius 1 is 1.32 bits per heavy atom. The van der Waals surface area contributed by atoms with Gasteiger partial charge in [-0.15, -0.1) is 0 Å². The van der Waals surface area contributed by atoms with Crippen molar-refractivity contribution < 1.29 is 33.0 Å². The lowest BCUT2D eigenvalue weighted by atomic mass is 10.1.